The fourth-order valence-corrected chi connectivity index (χ4v) is 4.60. The monoisotopic (exact) mass is 380 g/mol. The number of rotatable bonds is 4. The Bertz CT molecular complexity index is 1090. The lowest BCUT2D eigenvalue weighted by molar-refractivity contribution is 0.0955. The Morgan fingerprint density at radius 1 is 1.27 bits per heavy atom. The molecular formula is C19H16N4OS2. The summed E-state index contributed by atoms with van der Waals surface area (Å²) in [7, 11) is 0. The minimum atomic E-state index is -0.0423. The summed E-state index contributed by atoms with van der Waals surface area (Å²) in [6.45, 7) is 2.58. The molecule has 0 unspecified atom stereocenters. The fourth-order valence-electron chi connectivity index (χ4n) is 2.80. The number of fused-ring (bicyclic) bond motifs is 1. The SMILES string of the molecule is Cc1c(-c2ccnc(N)n2)sc2ccc(CNC(=O)c3cccs3)cc12. The maximum atomic E-state index is 12.1. The number of carbonyl (C=O) groups excluding carboxylic acids is 1. The van der Waals surface area contributed by atoms with E-state index >= 15 is 0 Å². The summed E-state index contributed by atoms with van der Waals surface area (Å²) in [4.78, 5) is 22.2. The average Bonchev–Trinajstić information content (AvgIpc) is 3.28. The number of hydrogen-bond acceptors (Lipinski definition) is 6. The van der Waals surface area contributed by atoms with Crippen molar-refractivity contribution >= 4 is 44.6 Å². The number of nitrogens with zero attached hydrogens (tertiary/aromatic N) is 2. The van der Waals surface area contributed by atoms with E-state index in [4.69, 9.17) is 5.73 Å². The Morgan fingerprint density at radius 3 is 2.92 bits per heavy atom. The van der Waals surface area contributed by atoms with Gasteiger partial charge in [-0.3, -0.25) is 4.79 Å². The fraction of sp³-hybridized carbons (Fsp3) is 0.105. The molecule has 3 aromatic heterocycles. The van der Waals surface area contributed by atoms with Crippen LogP contribution in [0.3, 0.4) is 0 Å². The molecule has 0 aliphatic heterocycles. The van der Waals surface area contributed by atoms with Gasteiger partial charge in [0.1, 0.15) is 0 Å². The molecule has 0 saturated carbocycles. The number of nitrogens with one attached hydrogen (secondary N) is 1. The molecule has 1 amide bonds. The van der Waals surface area contributed by atoms with E-state index < -0.39 is 0 Å². The second-order valence-electron chi connectivity index (χ2n) is 5.85. The summed E-state index contributed by atoms with van der Waals surface area (Å²) in [5.74, 6) is 0.232. The minimum absolute atomic E-state index is 0.0423. The summed E-state index contributed by atoms with van der Waals surface area (Å²) in [5.41, 5.74) is 8.78. The summed E-state index contributed by atoms with van der Waals surface area (Å²) in [5, 5.41) is 6.04. The smallest absolute Gasteiger partial charge is 0.261 e. The summed E-state index contributed by atoms with van der Waals surface area (Å²) >= 11 is 3.13. The molecule has 0 aliphatic rings. The lowest BCUT2D eigenvalue weighted by Crippen LogP contribution is -2.21. The van der Waals surface area contributed by atoms with Crippen molar-refractivity contribution in [3.05, 3.63) is 64.0 Å². The van der Waals surface area contributed by atoms with Gasteiger partial charge in [-0.15, -0.1) is 22.7 Å². The summed E-state index contributed by atoms with van der Waals surface area (Å²) < 4.78 is 1.18. The zero-order chi connectivity index (χ0) is 18.1. The quantitative estimate of drug-likeness (QED) is 0.555. The van der Waals surface area contributed by atoms with Crippen LogP contribution in [-0.2, 0) is 6.54 Å². The molecule has 0 atom stereocenters. The van der Waals surface area contributed by atoms with E-state index in [1.807, 2.05) is 29.6 Å². The number of benzene rings is 1. The third kappa shape index (κ3) is 3.18. The maximum Gasteiger partial charge on any atom is 0.261 e. The van der Waals surface area contributed by atoms with Crippen molar-refractivity contribution in [2.24, 2.45) is 0 Å². The molecule has 1 aromatic carbocycles. The minimum Gasteiger partial charge on any atom is -0.368 e. The van der Waals surface area contributed by atoms with Crippen molar-refractivity contribution in [3.8, 4) is 10.6 Å². The number of thiophene rings is 2. The molecule has 4 rings (SSSR count). The topological polar surface area (TPSA) is 80.9 Å². The molecule has 0 spiro atoms. The zero-order valence-corrected chi connectivity index (χ0v) is 15.7. The van der Waals surface area contributed by atoms with E-state index in [0.717, 1.165) is 26.6 Å². The van der Waals surface area contributed by atoms with E-state index in [1.54, 1.807) is 17.5 Å². The molecular weight excluding hydrogens is 364 g/mol. The Hall–Kier alpha value is -2.77. The zero-order valence-electron chi connectivity index (χ0n) is 14.0. The molecule has 7 heteroatoms. The Balaban J connectivity index is 1.61. The molecule has 130 valence electrons. The molecule has 5 nitrogen and oxygen atoms in total. The third-order valence-corrected chi connectivity index (χ3v) is 6.27. The van der Waals surface area contributed by atoms with Crippen LogP contribution in [0.25, 0.3) is 20.7 Å². The van der Waals surface area contributed by atoms with Gasteiger partial charge in [0, 0.05) is 17.4 Å². The first-order valence-electron chi connectivity index (χ1n) is 8.04. The Kier molecular flexibility index (Phi) is 4.40. The van der Waals surface area contributed by atoms with Crippen LogP contribution in [0.2, 0.25) is 0 Å². The number of amides is 1. The van der Waals surface area contributed by atoms with Crippen molar-refractivity contribution in [1.29, 1.82) is 0 Å². The predicted molar refractivity (Wildman–Crippen MR) is 107 cm³/mol. The van der Waals surface area contributed by atoms with Crippen LogP contribution in [0, 0.1) is 6.92 Å². The molecule has 0 aliphatic carbocycles. The Morgan fingerprint density at radius 2 is 2.15 bits per heavy atom. The number of hydrogen-bond donors (Lipinski definition) is 2. The molecule has 0 fully saturated rings. The van der Waals surface area contributed by atoms with Crippen molar-refractivity contribution < 1.29 is 4.79 Å². The highest BCUT2D eigenvalue weighted by atomic mass is 32.1. The van der Waals surface area contributed by atoms with Gasteiger partial charge in [0.05, 0.1) is 15.4 Å². The molecule has 3 N–H and O–H groups in total. The highest BCUT2D eigenvalue weighted by Gasteiger charge is 2.13. The standard InChI is InChI=1S/C19H16N4OS2/c1-11-13-9-12(10-22-18(24)16-3-2-8-25-16)4-5-15(13)26-17(11)14-6-7-21-19(20)23-14/h2-9H,10H2,1H3,(H,22,24)(H2,20,21,23). The van der Waals surface area contributed by atoms with Gasteiger partial charge in [-0.25, -0.2) is 9.97 Å². The maximum absolute atomic E-state index is 12.1. The normalized spacial score (nSPS) is 11.0. The molecule has 0 radical (unpaired) electrons. The highest BCUT2D eigenvalue weighted by molar-refractivity contribution is 7.22. The van der Waals surface area contributed by atoms with Crippen LogP contribution in [0.15, 0.2) is 48.0 Å². The Labute approximate surface area is 158 Å². The first-order valence-corrected chi connectivity index (χ1v) is 9.74. The highest BCUT2D eigenvalue weighted by Crippen LogP contribution is 2.37. The van der Waals surface area contributed by atoms with Crippen molar-refractivity contribution in [2.45, 2.75) is 13.5 Å². The van der Waals surface area contributed by atoms with E-state index in [0.29, 0.717) is 6.54 Å². The predicted octanol–water partition coefficient (Wildman–Crippen LogP) is 4.24. The van der Waals surface area contributed by atoms with E-state index in [2.05, 4.69) is 34.3 Å². The van der Waals surface area contributed by atoms with E-state index in [1.165, 1.54) is 21.4 Å². The third-order valence-electron chi connectivity index (χ3n) is 4.11. The lowest BCUT2D eigenvalue weighted by Gasteiger charge is -2.04. The molecule has 26 heavy (non-hydrogen) atoms. The summed E-state index contributed by atoms with van der Waals surface area (Å²) in [6.07, 6.45) is 1.67. The van der Waals surface area contributed by atoms with Gasteiger partial charge in [0.2, 0.25) is 5.95 Å². The van der Waals surface area contributed by atoms with Crippen molar-refractivity contribution in [3.63, 3.8) is 0 Å². The van der Waals surface area contributed by atoms with Crippen LogP contribution >= 0.6 is 22.7 Å². The average molecular weight is 380 g/mol. The lowest BCUT2D eigenvalue weighted by atomic mass is 10.1. The van der Waals surface area contributed by atoms with E-state index in [-0.39, 0.29) is 11.9 Å². The number of anilines is 1. The van der Waals surface area contributed by atoms with E-state index in [9.17, 15) is 4.79 Å². The van der Waals surface area contributed by atoms with Gasteiger partial charge in [-0.1, -0.05) is 12.1 Å². The number of carbonyl (C=O) groups is 1. The van der Waals surface area contributed by atoms with Crippen molar-refractivity contribution in [1.82, 2.24) is 15.3 Å². The first kappa shape index (κ1) is 16.7. The number of nitrogen functional groups attached to an aromatic ring is 1. The summed E-state index contributed by atoms with van der Waals surface area (Å²) in [6, 6.07) is 11.8. The first-order chi connectivity index (χ1) is 12.6. The van der Waals surface area contributed by atoms with Gasteiger partial charge in [0.15, 0.2) is 0 Å². The second-order valence-corrected chi connectivity index (χ2v) is 7.85. The van der Waals surface area contributed by atoms with Crippen molar-refractivity contribution in [2.75, 3.05) is 5.73 Å². The van der Waals surface area contributed by atoms with Crippen LogP contribution < -0.4 is 11.1 Å². The van der Waals surface area contributed by atoms with Gasteiger partial charge in [0.25, 0.3) is 5.91 Å². The molecule has 4 aromatic rings. The van der Waals surface area contributed by atoms with Crippen LogP contribution in [0.5, 0.6) is 0 Å². The second kappa shape index (κ2) is 6.86. The van der Waals surface area contributed by atoms with Crippen LogP contribution in [-0.4, -0.2) is 15.9 Å². The van der Waals surface area contributed by atoms with Crippen LogP contribution in [0.1, 0.15) is 20.8 Å². The molecule has 0 bridgehead atoms. The van der Waals surface area contributed by atoms with Gasteiger partial charge in [-0.05, 0) is 53.1 Å². The number of aromatic nitrogens is 2. The largest absolute Gasteiger partial charge is 0.368 e. The van der Waals surface area contributed by atoms with Crippen LogP contribution in [0.4, 0.5) is 5.95 Å². The number of aryl methyl sites for hydroxylation is 1. The molecule has 0 saturated heterocycles. The molecule has 3 heterocycles. The van der Waals surface area contributed by atoms with Gasteiger partial charge < -0.3 is 11.1 Å². The van der Waals surface area contributed by atoms with Gasteiger partial charge >= 0.3 is 0 Å². The number of nitrogens with two attached hydrogens (primary N) is 1. The van der Waals surface area contributed by atoms with Gasteiger partial charge in [-0.2, -0.15) is 0 Å².